The van der Waals surface area contributed by atoms with E-state index in [0.717, 1.165) is 45.0 Å². The third-order valence-electron chi connectivity index (χ3n) is 6.16. The van der Waals surface area contributed by atoms with Gasteiger partial charge in [0.25, 0.3) is 0 Å². The zero-order valence-electron chi connectivity index (χ0n) is 20.9. The molecule has 0 atom stereocenters. The first-order chi connectivity index (χ1) is 18.2. The van der Waals surface area contributed by atoms with Crippen LogP contribution in [0.4, 0.5) is 5.82 Å². The molecule has 0 spiro atoms. The maximum absolute atomic E-state index is 5.62. The van der Waals surface area contributed by atoms with Gasteiger partial charge < -0.3 is 4.74 Å². The number of nitrogens with zero attached hydrogens (tertiary/aromatic N) is 3. The molecule has 1 heterocycles. The minimum Gasteiger partial charge on any atom is -0.496 e. The van der Waals surface area contributed by atoms with Gasteiger partial charge in [-0.2, -0.15) is 5.10 Å². The number of benzene rings is 4. The number of ether oxygens (including phenoxy) is 1. The largest absolute Gasteiger partial charge is 0.496 e. The van der Waals surface area contributed by atoms with E-state index in [9.17, 15) is 0 Å². The van der Waals surface area contributed by atoms with Crippen LogP contribution in [-0.2, 0) is 6.42 Å². The van der Waals surface area contributed by atoms with Crippen molar-refractivity contribution in [1.29, 1.82) is 0 Å². The van der Waals surface area contributed by atoms with Gasteiger partial charge in [-0.15, -0.1) is 10.2 Å². The van der Waals surface area contributed by atoms with Crippen molar-refractivity contribution in [2.24, 2.45) is 5.10 Å². The van der Waals surface area contributed by atoms with E-state index in [1.807, 2.05) is 54.6 Å². The molecule has 1 N–H and O–H groups in total. The Morgan fingerprint density at radius 3 is 2.00 bits per heavy atom. The fraction of sp³-hybridized carbons (Fsp3) is 0.0938. The summed E-state index contributed by atoms with van der Waals surface area (Å²) in [4.78, 5) is 0. The summed E-state index contributed by atoms with van der Waals surface area (Å²) in [5, 5.41) is 13.9. The van der Waals surface area contributed by atoms with Crippen LogP contribution in [0.1, 0.15) is 27.8 Å². The summed E-state index contributed by atoms with van der Waals surface area (Å²) >= 11 is 0. The molecule has 0 aliphatic heterocycles. The average Bonchev–Trinajstić information content (AvgIpc) is 2.96. The molecular formula is C32H28N4O. The van der Waals surface area contributed by atoms with E-state index in [0.29, 0.717) is 12.2 Å². The van der Waals surface area contributed by atoms with Crippen LogP contribution in [0.2, 0.25) is 0 Å². The van der Waals surface area contributed by atoms with Crippen molar-refractivity contribution in [2.75, 3.05) is 12.5 Å². The second kappa shape index (κ2) is 11.3. The van der Waals surface area contributed by atoms with Crippen molar-refractivity contribution in [1.82, 2.24) is 10.2 Å². The molecule has 5 nitrogen and oxygen atoms in total. The molecule has 0 amide bonds. The van der Waals surface area contributed by atoms with Crippen molar-refractivity contribution >= 4 is 11.5 Å². The third-order valence-corrected chi connectivity index (χ3v) is 6.16. The van der Waals surface area contributed by atoms with E-state index in [-0.39, 0.29) is 0 Å². The Labute approximate surface area is 217 Å². The standard InChI is InChI=1S/C32H28N4O/c1-23-17-19-24(20-18-23)29-22-28(21-27-15-9-10-16-30(27)37-2)32(35-33-29)36-34-31(25-11-5-3-6-12-25)26-13-7-4-8-14-26/h3-20,22H,21H2,1-2H3,(H,35,36). The van der Waals surface area contributed by atoms with Crippen LogP contribution in [-0.4, -0.2) is 23.0 Å². The molecule has 182 valence electrons. The maximum atomic E-state index is 5.62. The Kier molecular flexibility index (Phi) is 7.32. The minimum absolute atomic E-state index is 0.603. The molecule has 0 saturated heterocycles. The normalized spacial score (nSPS) is 10.5. The van der Waals surface area contributed by atoms with Crippen LogP contribution < -0.4 is 10.2 Å². The fourth-order valence-corrected chi connectivity index (χ4v) is 4.18. The van der Waals surface area contributed by atoms with Crippen molar-refractivity contribution in [2.45, 2.75) is 13.3 Å². The number of rotatable bonds is 8. The number of para-hydroxylation sites is 1. The molecule has 0 radical (unpaired) electrons. The summed E-state index contributed by atoms with van der Waals surface area (Å²) in [6.45, 7) is 2.07. The summed E-state index contributed by atoms with van der Waals surface area (Å²) in [6, 6.07) is 38.7. The minimum atomic E-state index is 0.603. The van der Waals surface area contributed by atoms with Crippen LogP contribution in [0, 0.1) is 6.92 Å². The molecule has 37 heavy (non-hydrogen) atoms. The number of aryl methyl sites for hydroxylation is 1. The van der Waals surface area contributed by atoms with E-state index in [2.05, 4.69) is 83.2 Å². The second-order valence-corrected chi connectivity index (χ2v) is 8.76. The molecular weight excluding hydrogens is 456 g/mol. The zero-order valence-corrected chi connectivity index (χ0v) is 20.9. The highest BCUT2D eigenvalue weighted by atomic mass is 16.5. The van der Waals surface area contributed by atoms with Gasteiger partial charge in [-0.1, -0.05) is 109 Å². The predicted octanol–water partition coefficient (Wildman–Crippen LogP) is 6.92. The zero-order chi connectivity index (χ0) is 25.5. The quantitative estimate of drug-likeness (QED) is 0.192. The molecule has 5 heteroatoms. The van der Waals surface area contributed by atoms with E-state index < -0.39 is 0 Å². The fourth-order valence-electron chi connectivity index (χ4n) is 4.18. The van der Waals surface area contributed by atoms with Gasteiger partial charge in [0.15, 0.2) is 5.82 Å². The summed E-state index contributed by atoms with van der Waals surface area (Å²) in [6.07, 6.45) is 0.613. The van der Waals surface area contributed by atoms with Gasteiger partial charge in [-0.3, -0.25) is 5.43 Å². The molecule has 0 aliphatic carbocycles. The molecule has 4 aromatic carbocycles. The third kappa shape index (κ3) is 5.73. The summed E-state index contributed by atoms with van der Waals surface area (Å²) in [5.41, 5.74) is 11.1. The lowest BCUT2D eigenvalue weighted by molar-refractivity contribution is 0.410. The van der Waals surface area contributed by atoms with E-state index in [4.69, 9.17) is 9.84 Å². The maximum Gasteiger partial charge on any atom is 0.172 e. The van der Waals surface area contributed by atoms with Crippen LogP contribution in [0.25, 0.3) is 11.3 Å². The summed E-state index contributed by atoms with van der Waals surface area (Å²) < 4.78 is 5.62. The van der Waals surface area contributed by atoms with Crippen LogP contribution in [0.15, 0.2) is 120 Å². The van der Waals surface area contributed by atoms with Crippen LogP contribution in [0.3, 0.4) is 0 Å². The van der Waals surface area contributed by atoms with Crippen molar-refractivity contribution in [3.8, 4) is 17.0 Å². The predicted molar refractivity (Wildman–Crippen MR) is 150 cm³/mol. The molecule has 5 aromatic rings. The Morgan fingerprint density at radius 2 is 1.35 bits per heavy atom. The van der Waals surface area contributed by atoms with Crippen molar-refractivity contribution in [3.63, 3.8) is 0 Å². The first kappa shape index (κ1) is 23.9. The van der Waals surface area contributed by atoms with Gasteiger partial charge in [0.05, 0.1) is 18.5 Å². The smallest absolute Gasteiger partial charge is 0.172 e. The number of hydrogen-bond acceptors (Lipinski definition) is 5. The lowest BCUT2D eigenvalue weighted by Gasteiger charge is -2.13. The number of hydrogen-bond donors (Lipinski definition) is 1. The van der Waals surface area contributed by atoms with Gasteiger partial charge in [0, 0.05) is 28.7 Å². The lowest BCUT2D eigenvalue weighted by Crippen LogP contribution is -2.09. The number of nitrogens with one attached hydrogen (secondary N) is 1. The van der Waals surface area contributed by atoms with Gasteiger partial charge in [-0.25, -0.2) is 0 Å². The number of aromatic nitrogens is 2. The number of anilines is 1. The van der Waals surface area contributed by atoms with Crippen LogP contribution >= 0.6 is 0 Å². The van der Waals surface area contributed by atoms with E-state index in [1.54, 1.807) is 7.11 Å². The molecule has 0 bridgehead atoms. The van der Waals surface area contributed by atoms with Gasteiger partial charge in [0.1, 0.15) is 5.75 Å². The van der Waals surface area contributed by atoms with Crippen molar-refractivity contribution < 1.29 is 4.74 Å². The topological polar surface area (TPSA) is 59.4 Å². The first-order valence-corrected chi connectivity index (χ1v) is 12.2. The Balaban J connectivity index is 1.56. The molecule has 0 aliphatic rings. The Morgan fingerprint density at radius 1 is 0.730 bits per heavy atom. The molecule has 5 rings (SSSR count). The molecule has 0 fully saturated rings. The highest BCUT2D eigenvalue weighted by Gasteiger charge is 2.13. The Bertz CT molecular complexity index is 1460. The second-order valence-electron chi connectivity index (χ2n) is 8.76. The summed E-state index contributed by atoms with van der Waals surface area (Å²) in [5.74, 6) is 1.44. The monoisotopic (exact) mass is 484 g/mol. The Hall–Kier alpha value is -4.77. The van der Waals surface area contributed by atoms with E-state index >= 15 is 0 Å². The first-order valence-electron chi connectivity index (χ1n) is 12.2. The number of hydrazone groups is 1. The van der Waals surface area contributed by atoms with Gasteiger partial charge in [0.2, 0.25) is 0 Å². The van der Waals surface area contributed by atoms with Gasteiger partial charge in [-0.05, 0) is 24.6 Å². The van der Waals surface area contributed by atoms with Crippen LogP contribution in [0.5, 0.6) is 5.75 Å². The summed E-state index contributed by atoms with van der Waals surface area (Å²) in [7, 11) is 1.69. The number of methoxy groups -OCH3 is 1. The average molecular weight is 485 g/mol. The van der Waals surface area contributed by atoms with Crippen molar-refractivity contribution in [3.05, 3.63) is 143 Å². The highest BCUT2D eigenvalue weighted by molar-refractivity contribution is 6.13. The lowest BCUT2D eigenvalue weighted by atomic mass is 10.0. The van der Waals surface area contributed by atoms with Gasteiger partial charge >= 0.3 is 0 Å². The SMILES string of the molecule is COc1ccccc1Cc1cc(-c2ccc(C)cc2)nnc1NN=C(c1ccccc1)c1ccccc1. The highest BCUT2D eigenvalue weighted by Crippen LogP contribution is 2.27. The molecule has 1 aromatic heterocycles. The molecule has 0 saturated carbocycles. The molecule has 0 unspecified atom stereocenters. The van der Waals surface area contributed by atoms with E-state index in [1.165, 1.54) is 5.56 Å².